The first kappa shape index (κ1) is 25.4. The Morgan fingerprint density at radius 2 is 1.62 bits per heavy atom. The van der Waals surface area contributed by atoms with Gasteiger partial charge < -0.3 is 15.6 Å². The lowest BCUT2D eigenvalue weighted by Gasteiger charge is -2.28. The van der Waals surface area contributed by atoms with Crippen molar-refractivity contribution in [2.45, 2.75) is 37.3 Å². The van der Waals surface area contributed by atoms with Crippen molar-refractivity contribution in [3.8, 4) is 5.75 Å². The predicted molar refractivity (Wildman–Crippen MR) is 118 cm³/mol. The molecule has 0 aliphatic rings. The van der Waals surface area contributed by atoms with Crippen LogP contribution in [0.5, 0.6) is 5.75 Å². The van der Waals surface area contributed by atoms with E-state index in [1.165, 1.54) is 23.5 Å². The second kappa shape index (κ2) is 11.5. The average Bonchev–Trinajstić information content (AvgIpc) is 2.67. The van der Waals surface area contributed by atoms with Crippen molar-refractivity contribution in [2.75, 3.05) is 20.2 Å². The number of hydrogen-bond acceptors (Lipinski definition) is 5. The number of aliphatic hydroxyl groups is 1. The minimum absolute atomic E-state index is 0. The van der Waals surface area contributed by atoms with Gasteiger partial charge >= 0.3 is 0 Å². The molecular formula is C21H31ClN2O4S. The van der Waals surface area contributed by atoms with Gasteiger partial charge in [-0.2, -0.15) is 4.31 Å². The molecule has 0 aromatic heterocycles. The Kier molecular flexibility index (Phi) is 10.1. The molecule has 2 rings (SSSR count). The summed E-state index contributed by atoms with van der Waals surface area (Å²) in [6.45, 7) is 4.11. The average molecular weight is 443 g/mol. The van der Waals surface area contributed by atoms with Crippen LogP contribution in [-0.4, -0.2) is 50.2 Å². The molecule has 2 aromatic rings. The largest absolute Gasteiger partial charge is 0.497 e. The summed E-state index contributed by atoms with van der Waals surface area (Å²) in [5.74, 6) is 0.685. The van der Waals surface area contributed by atoms with E-state index < -0.39 is 22.2 Å². The first-order valence-electron chi connectivity index (χ1n) is 9.35. The van der Waals surface area contributed by atoms with Crippen LogP contribution >= 0.6 is 12.4 Å². The number of aliphatic hydroxyl groups excluding tert-OH is 1. The quantitative estimate of drug-likeness (QED) is 0.590. The molecule has 2 unspecified atom stereocenters. The minimum atomic E-state index is -3.76. The lowest BCUT2D eigenvalue weighted by molar-refractivity contribution is 0.116. The van der Waals surface area contributed by atoms with E-state index in [9.17, 15) is 13.5 Å². The van der Waals surface area contributed by atoms with E-state index in [2.05, 4.69) is 0 Å². The fraction of sp³-hybridized carbons (Fsp3) is 0.429. The zero-order valence-corrected chi connectivity index (χ0v) is 18.7. The van der Waals surface area contributed by atoms with Crippen molar-refractivity contribution in [3.63, 3.8) is 0 Å². The van der Waals surface area contributed by atoms with Crippen LogP contribution in [0.3, 0.4) is 0 Å². The van der Waals surface area contributed by atoms with Crippen LogP contribution in [0.2, 0.25) is 0 Å². The molecule has 0 radical (unpaired) electrons. The lowest BCUT2D eigenvalue weighted by atomic mass is 10.0. The number of nitrogens with two attached hydrogens (primary N) is 1. The van der Waals surface area contributed by atoms with Crippen molar-refractivity contribution in [2.24, 2.45) is 11.7 Å². The second-order valence-corrected chi connectivity index (χ2v) is 9.25. The fourth-order valence-electron chi connectivity index (χ4n) is 2.94. The van der Waals surface area contributed by atoms with Gasteiger partial charge in [0.05, 0.1) is 18.1 Å². The third kappa shape index (κ3) is 7.28. The number of halogens is 1. The molecule has 0 saturated carbocycles. The number of benzene rings is 2. The maximum absolute atomic E-state index is 13.1. The van der Waals surface area contributed by atoms with Crippen molar-refractivity contribution < 1.29 is 18.3 Å². The summed E-state index contributed by atoms with van der Waals surface area (Å²) in [6, 6.07) is 15.3. The van der Waals surface area contributed by atoms with Gasteiger partial charge in [0, 0.05) is 19.1 Å². The van der Waals surface area contributed by atoms with Crippen LogP contribution in [0, 0.1) is 5.92 Å². The molecule has 0 heterocycles. The van der Waals surface area contributed by atoms with E-state index in [1.807, 2.05) is 44.2 Å². The molecule has 29 heavy (non-hydrogen) atoms. The van der Waals surface area contributed by atoms with Crippen LogP contribution in [0.4, 0.5) is 0 Å². The first-order valence-corrected chi connectivity index (χ1v) is 10.8. The van der Waals surface area contributed by atoms with Crippen LogP contribution in [0.25, 0.3) is 0 Å². The molecule has 2 atom stereocenters. The summed E-state index contributed by atoms with van der Waals surface area (Å²) < 4.78 is 32.6. The number of sulfonamides is 1. The van der Waals surface area contributed by atoms with E-state index in [0.29, 0.717) is 18.7 Å². The maximum Gasteiger partial charge on any atom is 0.243 e. The van der Waals surface area contributed by atoms with Gasteiger partial charge in [-0.3, -0.25) is 0 Å². The van der Waals surface area contributed by atoms with Crippen molar-refractivity contribution in [3.05, 3.63) is 60.2 Å². The molecule has 2 aromatic carbocycles. The lowest BCUT2D eigenvalue weighted by Crippen LogP contribution is -2.47. The molecule has 6 nitrogen and oxygen atoms in total. The highest BCUT2D eigenvalue weighted by Crippen LogP contribution is 2.21. The Morgan fingerprint density at radius 1 is 1.03 bits per heavy atom. The van der Waals surface area contributed by atoms with E-state index in [0.717, 1.165) is 5.56 Å². The third-order valence-corrected chi connectivity index (χ3v) is 6.31. The molecule has 3 N–H and O–H groups in total. The van der Waals surface area contributed by atoms with E-state index in [4.69, 9.17) is 10.5 Å². The molecule has 0 amide bonds. The summed E-state index contributed by atoms with van der Waals surface area (Å²) in [5.41, 5.74) is 7.16. The molecule has 0 spiro atoms. The number of methoxy groups -OCH3 is 1. The second-order valence-electron chi connectivity index (χ2n) is 7.31. The van der Waals surface area contributed by atoms with Crippen LogP contribution in [0.15, 0.2) is 59.5 Å². The Labute approximate surface area is 180 Å². The topological polar surface area (TPSA) is 92.9 Å². The predicted octanol–water partition coefficient (Wildman–Crippen LogP) is 2.69. The molecule has 8 heteroatoms. The SMILES string of the molecule is COc1ccc(S(=O)(=O)N(CC(C)C)CC(O)C(N)Cc2ccccc2)cc1.Cl. The summed E-state index contributed by atoms with van der Waals surface area (Å²) in [7, 11) is -2.23. The highest BCUT2D eigenvalue weighted by atomic mass is 35.5. The molecular weight excluding hydrogens is 412 g/mol. The zero-order valence-electron chi connectivity index (χ0n) is 17.1. The standard InChI is InChI=1S/C21H30N2O4S.ClH/c1-16(2)14-23(28(25,26)19-11-9-18(27-3)10-12-19)15-21(24)20(22)13-17-7-5-4-6-8-17;/h4-12,16,20-21,24H,13-15,22H2,1-3H3;1H. The molecule has 0 aliphatic heterocycles. The van der Waals surface area contributed by atoms with E-state index in [1.54, 1.807) is 12.1 Å². The minimum Gasteiger partial charge on any atom is -0.497 e. The van der Waals surface area contributed by atoms with Gasteiger partial charge in [-0.25, -0.2) is 8.42 Å². The van der Waals surface area contributed by atoms with Gasteiger partial charge in [-0.05, 0) is 42.2 Å². The van der Waals surface area contributed by atoms with Gasteiger partial charge in [0.2, 0.25) is 10.0 Å². The Balaban J connectivity index is 0.00000420. The number of ether oxygens (including phenoxy) is 1. The highest BCUT2D eigenvalue weighted by molar-refractivity contribution is 7.89. The van der Waals surface area contributed by atoms with E-state index in [-0.39, 0.29) is 29.8 Å². The van der Waals surface area contributed by atoms with Gasteiger partial charge in [-0.1, -0.05) is 44.2 Å². The normalized spacial score (nSPS) is 13.8. The first-order chi connectivity index (χ1) is 13.2. The van der Waals surface area contributed by atoms with E-state index >= 15 is 0 Å². The summed E-state index contributed by atoms with van der Waals surface area (Å²) in [6.07, 6.45) is -0.507. The molecule has 0 fully saturated rings. The smallest absolute Gasteiger partial charge is 0.243 e. The van der Waals surface area contributed by atoms with Gasteiger partial charge in [-0.15, -0.1) is 12.4 Å². The van der Waals surface area contributed by atoms with Gasteiger partial charge in [0.15, 0.2) is 0 Å². The van der Waals surface area contributed by atoms with Crippen LogP contribution in [0.1, 0.15) is 19.4 Å². The number of nitrogens with zero attached hydrogens (tertiary/aromatic N) is 1. The Hall–Kier alpha value is -1.64. The zero-order chi connectivity index (χ0) is 20.7. The monoisotopic (exact) mass is 442 g/mol. The summed E-state index contributed by atoms with van der Waals surface area (Å²) in [5, 5.41) is 10.6. The highest BCUT2D eigenvalue weighted by Gasteiger charge is 2.29. The molecule has 0 saturated heterocycles. The Bertz CT molecular complexity index is 830. The summed E-state index contributed by atoms with van der Waals surface area (Å²) >= 11 is 0. The van der Waals surface area contributed by atoms with Crippen molar-refractivity contribution >= 4 is 22.4 Å². The van der Waals surface area contributed by atoms with Crippen molar-refractivity contribution in [1.29, 1.82) is 0 Å². The number of hydrogen-bond donors (Lipinski definition) is 2. The van der Waals surface area contributed by atoms with Gasteiger partial charge in [0.1, 0.15) is 5.75 Å². The van der Waals surface area contributed by atoms with Gasteiger partial charge in [0.25, 0.3) is 0 Å². The molecule has 0 aliphatic carbocycles. The fourth-order valence-corrected chi connectivity index (χ4v) is 4.56. The summed E-state index contributed by atoms with van der Waals surface area (Å²) in [4.78, 5) is 0.165. The number of rotatable bonds is 10. The molecule has 162 valence electrons. The van der Waals surface area contributed by atoms with Crippen LogP contribution in [-0.2, 0) is 16.4 Å². The van der Waals surface area contributed by atoms with Crippen LogP contribution < -0.4 is 10.5 Å². The maximum atomic E-state index is 13.1. The Morgan fingerprint density at radius 3 is 2.14 bits per heavy atom. The third-order valence-electron chi connectivity index (χ3n) is 4.47. The van der Waals surface area contributed by atoms with Crippen molar-refractivity contribution in [1.82, 2.24) is 4.31 Å². The molecule has 0 bridgehead atoms.